The highest BCUT2D eigenvalue weighted by molar-refractivity contribution is 7.92. The molecule has 2 aromatic rings. The van der Waals surface area contributed by atoms with Crippen molar-refractivity contribution in [1.82, 2.24) is 10.2 Å². The Labute approximate surface area is 214 Å². The van der Waals surface area contributed by atoms with Crippen molar-refractivity contribution in [2.75, 3.05) is 17.1 Å². The van der Waals surface area contributed by atoms with E-state index in [9.17, 15) is 31.2 Å². The first-order valence-corrected chi connectivity index (χ1v) is 13.3. The molecule has 36 heavy (non-hydrogen) atoms. The van der Waals surface area contributed by atoms with Gasteiger partial charge in [0.1, 0.15) is 12.6 Å². The Hall–Kier alpha value is -2.79. The smallest absolute Gasteiger partial charge is 0.352 e. The minimum absolute atomic E-state index is 0.0415. The van der Waals surface area contributed by atoms with Crippen LogP contribution >= 0.6 is 11.6 Å². The van der Waals surface area contributed by atoms with E-state index in [0.717, 1.165) is 18.4 Å². The zero-order valence-corrected chi connectivity index (χ0v) is 21.9. The predicted molar refractivity (Wildman–Crippen MR) is 133 cm³/mol. The lowest BCUT2D eigenvalue weighted by molar-refractivity contribution is -0.140. The number of benzene rings is 2. The van der Waals surface area contributed by atoms with Crippen LogP contribution in [-0.2, 0) is 32.3 Å². The Morgan fingerprint density at radius 3 is 2.19 bits per heavy atom. The summed E-state index contributed by atoms with van der Waals surface area (Å²) in [6.45, 7) is 4.39. The minimum atomic E-state index is -4.70. The minimum Gasteiger partial charge on any atom is -0.352 e. The molecule has 7 nitrogen and oxygen atoms in total. The number of rotatable bonds is 10. The number of carbonyl (C=O) groups is 2. The van der Waals surface area contributed by atoms with Gasteiger partial charge >= 0.3 is 6.18 Å². The van der Waals surface area contributed by atoms with Crippen LogP contribution in [0.3, 0.4) is 0 Å². The molecule has 0 spiro atoms. The van der Waals surface area contributed by atoms with Gasteiger partial charge in [-0.3, -0.25) is 13.9 Å². The zero-order valence-electron chi connectivity index (χ0n) is 20.3. The van der Waals surface area contributed by atoms with Gasteiger partial charge in [-0.2, -0.15) is 13.2 Å². The molecule has 2 rings (SSSR count). The molecule has 0 unspecified atom stereocenters. The van der Waals surface area contributed by atoms with Crippen molar-refractivity contribution < 1.29 is 31.2 Å². The second kappa shape index (κ2) is 12.0. The average Bonchev–Trinajstić information content (AvgIpc) is 2.76. The van der Waals surface area contributed by atoms with E-state index in [1.165, 1.54) is 11.0 Å². The second-order valence-electron chi connectivity index (χ2n) is 8.55. The van der Waals surface area contributed by atoms with Crippen LogP contribution in [0.5, 0.6) is 0 Å². The van der Waals surface area contributed by atoms with Crippen LogP contribution < -0.4 is 9.62 Å². The van der Waals surface area contributed by atoms with Gasteiger partial charge in [-0.15, -0.1) is 0 Å². The third-order valence-corrected chi connectivity index (χ3v) is 6.62. The van der Waals surface area contributed by atoms with E-state index in [1.807, 2.05) is 0 Å². The first kappa shape index (κ1) is 29.4. The molecule has 0 aromatic heterocycles. The number of nitrogens with zero attached hydrogens (tertiary/aromatic N) is 2. The fraction of sp³-hybridized carbons (Fsp3) is 0.417. The van der Waals surface area contributed by atoms with E-state index in [2.05, 4.69) is 5.32 Å². The lowest BCUT2D eigenvalue weighted by Crippen LogP contribution is -2.53. The van der Waals surface area contributed by atoms with Gasteiger partial charge < -0.3 is 10.2 Å². The Kier molecular flexibility index (Phi) is 9.78. The summed E-state index contributed by atoms with van der Waals surface area (Å²) in [4.78, 5) is 27.6. The highest BCUT2D eigenvalue weighted by Gasteiger charge is 2.34. The third kappa shape index (κ3) is 8.12. The van der Waals surface area contributed by atoms with E-state index >= 15 is 0 Å². The summed E-state index contributed by atoms with van der Waals surface area (Å²) in [5, 5.41) is 3.22. The SMILES string of the molecule is CC[C@H](C(=O)NC(C)C)N(Cc1ccc(Cl)cc1)C(=O)CN(c1cccc(C(F)(F)F)c1)S(C)(=O)=O. The lowest BCUT2D eigenvalue weighted by atomic mass is 10.1. The van der Waals surface area contributed by atoms with Crippen molar-refractivity contribution in [2.24, 2.45) is 0 Å². The summed E-state index contributed by atoms with van der Waals surface area (Å²) in [6, 6.07) is 9.11. The molecule has 2 aromatic carbocycles. The van der Waals surface area contributed by atoms with Crippen molar-refractivity contribution in [2.45, 2.75) is 52.0 Å². The number of hydrogen-bond donors (Lipinski definition) is 1. The average molecular weight is 548 g/mol. The highest BCUT2D eigenvalue weighted by atomic mass is 35.5. The van der Waals surface area contributed by atoms with E-state index < -0.39 is 46.2 Å². The van der Waals surface area contributed by atoms with Gasteiger partial charge in [0.05, 0.1) is 17.5 Å². The molecule has 1 atom stereocenters. The Bertz CT molecular complexity index is 1170. The predicted octanol–water partition coefficient (Wildman–Crippen LogP) is 4.46. The Morgan fingerprint density at radius 1 is 1.08 bits per heavy atom. The largest absolute Gasteiger partial charge is 0.416 e. The first-order chi connectivity index (χ1) is 16.6. The molecule has 0 heterocycles. The normalized spacial score (nSPS) is 12.8. The molecule has 1 N–H and O–H groups in total. The topological polar surface area (TPSA) is 86.8 Å². The van der Waals surface area contributed by atoms with Crippen molar-refractivity contribution in [1.29, 1.82) is 0 Å². The summed E-state index contributed by atoms with van der Waals surface area (Å²) in [6.07, 6.45) is -3.68. The van der Waals surface area contributed by atoms with E-state index in [1.54, 1.807) is 45.0 Å². The maximum atomic E-state index is 13.5. The van der Waals surface area contributed by atoms with Crippen LogP contribution in [0.4, 0.5) is 18.9 Å². The molecule has 0 saturated carbocycles. The molecule has 12 heteroatoms. The van der Waals surface area contributed by atoms with Crippen LogP contribution in [0, 0.1) is 0 Å². The number of amides is 2. The Morgan fingerprint density at radius 2 is 1.69 bits per heavy atom. The number of hydrogen-bond acceptors (Lipinski definition) is 4. The molecule has 0 bridgehead atoms. The number of nitrogens with one attached hydrogen (secondary N) is 1. The van der Waals surface area contributed by atoms with Gasteiger partial charge in [-0.1, -0.05) is 36.7 Å². The van der Waals surface area contributed by atoms with Crippen LogP contribution in [-0.4, -0.2) is 50.0 Å². The molecule has 0 aliphatic carbocycles. The maximum absolute atomic E-state index is 13.5. The Balaban J connectivity index is 2.48. The van der Waals surface area contributed by atoms with Crippen LogP contribution in [0.15, 0.2) is 48.5 Å². The van der Waals surface area contributed by atoms with Gasteiger partial charge in [0.15, 0.2) is 0 Å². The molecule has 198 valence electrons. The van der Waals surface area contributed by atoms with E-state index in [-0.39, 0.29) is 24.7 Å². The third-order valence-electron chi connectivity index (χ3n) is 5.22. The number of halogens is 4. The summed E-state index contributed by atoms with van der Waals surface area (Å²) in [5.41, 5.74) is -0.734. The van der Waals surface area contributed by atoms with Crippen LogP contribution in [0.1, 0.15) is 38.3 Å². The number of carbonyl (C=O) groups excluding carboxylic acids is 2. The number of sulfonamides is 1. The van der Waals surface area contributed by atoms with Crippen LogP contribution in [0.25, 0.3) is 0 Å². The zero-order chi connectivity index (χ0) is 27.3. The molecular weight excluding hydrogens is 519 g/mol. The molecular formula is C24H29ClF3N3O4S. The molecule has 0 saturated heterocycles. The van der Waals surface area contributed by atoms with Crippen LogP contribution in [0.2, 0.25) is 5.02 Å². The molecule has 0 fully saturated rings. The second-order valence-corrected chi connectivity index (χ2v) is 10.9. The highest BCUT2D eigenvalue weighted by Crippen LogP contribution is 2.32. The summed E-state index contributed by atoms with van der Waals surface area (Å²) in [5.74, 6) is -1.18. The molecule has 0 aliphatic heterocycles. The molecule has 0 radical (unpaired) electrons. The van der Waals surface area contributed by atoms with Gasteiger partial charge in [-0.05, 0) is 56.2 Å². The van der Waals surface area contributed by atoms with Crippen molar-refractivity contribution in [3.8, 4) is 0 Å². The van der Waals surface area contributed by atoms with E-state index in [0.29, 0.717) is 21.0 Å². The lowest BCUT2D eigenvalue weighted by Gasteiger charge is -2.33. The number of anilines is 1. The fourth-order valence-electron chi connectivity index (χ4n) is 3.54. The molecule has 2 amide bonds. The monoisotopic (exact) mass is 547 g/mol. The summed E-state index contributed by atoms with van der Waals surface area (Å²) in [7, 11) is -4.16. The first-order valence-electron chi connectivity index (χ1n) is 11.1. The quantitative estimate of drug-likeness (QED) is 0.476. The number of alkyl halides is 3. The van der Waals surface area contributed by atoms with Crippen molar-refractivity contribution in [3.63, 3.8) is 0 Å². The van der Waals surface area contributed by atoms with Gasteiger partial charge in [0.25, 0.3) is 0 Å². The van der Waals surface area contributed by atoms with Crippen molar-refractivity contribution in [3.05, 3.63) is 64.7 Å². The summed E-state index contributed by atoms with van der Waals surface area (Å²) < 4.78 is 65.4. The summed E-state index contributed by atoms with van der Waals surface area (Å²) >= 11 is 5.94. The van der Waals surface area contributed by atoms with Gasteiger partial charge in [0, 0.05) is 17.6 Å². The maximum Gasteiger partial charge on any atom is 0.416 e. The fourth-order valence-corrected chi connectivity index (χ4v) is 4.51. The van der Waals surface area contributed by atoms with Gasteiger partial charge in [-0.25, -0.2) is 8.42 Å². The van der Waals surface area contributed by atoms with Crippen molar-refractivity contribution >= 4 is 39.1 Å². The standard InChI is InChI=1S/C24H29ClF3N3O4S/c1-5-21(23(33)29-16(2)3)30(14-17-9-11-19(25)12-10-17)22(32)15-31(36(4,34)35)20-8-6-7-18(13-20)24(26,27)28/h6-13,16,21H,5,14-15H2,1-4H3,(H,29,33)/t21-/m1/s1. The van der Waals surface area contributed by atoms with Gasteiger partial charge in [0.2, 0.25) is 21.8 Å². The van der Waals surface area contributed by atoms with E-state index in [4.69, 9.17) is 11.6 Å². The molecule has 0 aliphatic rings.